The largest absolute Gasteiger partial charge is 1.00 e. The van der Waals surface area contributed by atoms with E-state index in [2.05, 4.69) is 4.74 Å². The predicted molar refractivity (Wildman–Crippen MR) is 39.8 cm³/mol. The van der Waals surface area contributed by atoms with Crippen molar-refractivity contribution in [3.63, 3.8) is 0 Å². The molecule has 13 heavy (non-hydrogen) atoms. The normalized spacial score (nSPS) is 8.15. The summed E-state index contributed by atoms with van der Waals surface area (Å²) in [6.07, 6.45) is 0.846. The minimum Gasteiger partial charge on any atom is -0.550 e. The van der Waals surface area contributed by atoms with Crippen LogP contribution in [0, 0.1) is 0 Å². The number of hydrogen-bond donors (Lipinski definition) is 0. The van der Waals surface area contributed by atoms with Crippen LogP contribution in [0.5, 0.6) is 0 Å². The molecule has 0 aliphatic rings. The van der Waals surface area contributed by atoms with Gasteiger partial charge in [0.15, 0.2) is 0 Å². The van der Waals surface area contributed by atoms with Crippen molar-refractivity contribution >= 4 is 11.9 Å². The zero-order valence-corrected chi connectivity index (χ0v) is 10.1. The Morgan fingerprint density at radius 1 is 1.31 bits per heavy atom. The third-order valence-electron chi connectivity index (χ3n) is 0.959. The first kappa shape index (κ1) is 15.2. The van der Waals surface area contributed by atoms with Crippen molar-refractivity contribution in [1.29, 1.82) is 0 Å². The van der Waals surface area contributed by atoms with Gasteiger partial charge in [-0.2, -0.15) is 0 Å². The third-order valence-corrected chi connectivity index (χ3v) is 0.959. The summed E-state index contributed by atoms with van der Waals surface area (Å²) in [6.45, 7) is 3.54. The minimum absolute atomic E-state index is 0. The number of rotatable bonds is 4. The van der Waals surface area contributed by atoms with Gasteiger partial charge >= 0.3 is 35.5 Å². The van der Waals surface area contributed by atoms with E-state index in [9.17, 15) is 14.7 Å². The molecule has 0 N–H and O–H groups in total. The molecular weight excluding hydrogens is 183 g/mol. The molecule has 0 aromatic heterocycles. The van der Waals surface area contributed by atoms with Gasteiger partial charge in [-0.25, -0.2) is 0 Å². The van der Waals surface area contributed by atoms with E-state index < -0.39 is 11.9 Å². The Kier molecular flexibility index (Phi) is 9.67. The fraction of sp³-hybridized carbons (Fsp3) is 0.500. The fourth-order valence-corrected chi connectivity index (χ4v) is 0.447. The van der Waals surface area contributed by atoms with Gasteiger partial charge in [0.05, 0.1) is 12.7 Å². The van der Waals surface area contributed by atoms with Crippen LogP contribution in [0.2, 0.25) is 0 Å². The van der Waals surface area contributed by atoms with Crippen LogP contribution in [-0.4, -0.2) is 11.9 Å². The minimum atomic E-state index is -1.25. The standard InChI is InChI=1S/C8H12O4.Na/c1-6(2)5-12-8(11)4-3-7(9)10;/h5H,3-4H2,1-2H3,(H,9,10);/q;+1/p-1. The average Bonchev–Trinajstić information content (AvgIpc) is 1.96. The van der Waals surface area contributed by atoms with Crippen molar-refractivity contribution in [2.75, 3.05) is 0 Å². The first-order valence-corrected chi connectivity index (χ1v) is 3.55. The van der Waals surface area contributed by atoms with Gasteiger partial charge in [0.1, 0.15) is 0 Å². The van der Waals surface area contributed by atoms with Gasteiger partial charge in [0.2, 0.25) is 0 Å². The number of aliphatic carboxylic acids is 1. The van der Waals surface area contributed by atoms with Crippen LogP contribution in [-0.2, 0) is 14.3 Å². The zero-order valence-electron chi connectivity index (χ0n) is 8.12. The molecule has 0 atom stereocenters. The molecule has 68 valence electrons. The van der Waals surface area contributed by atoms with E-state index >= 15 is 0 Å². The Morgan fingerprint density at radius 2 is 1.85 bits per heavy atom. The Bertz CT molecular complexity index is 206. The summed E-state index contributed by atoms with van der Waals surface area (Å²) < 4.78 is 4.56. The summed E-state index contributed by atoms with van der Waals surface area (Å²) in [4.78, 5) is 20.6. The SMILES string of the molecule is CC(C)=COC(=O)CCC(=O)[O-].[Na+]. The van der Waals surface area contributed by atoms with Crippen molar-refractivity contribution < 1.29 is 49.0 Å². The van der Waals surface area contributed by atoms with E-state index in [1.165, 1.54) is 6.26 Å². The monoisotopic (exact) mass is 194 g/mol. The molecule has 0 aromatic carbocycles. The first-order chi connectivity index (χ1) is 5.52. The second kappa shape index (κ2) is 8.29. The van der Waals surface area contributed by atoms with Gasteiger partial charge in [-0.15, -0.1) is 0 Å². The van der Waals surface area contributed by atoms with Crippen LogP contribution in [0.4, 0.5) is 0 Å². The number of carbonyl (C=O) groups excluding carboxylic acids is 2. The number of ether oxygens (including phenoxy) is 1. The quantitative estimate of drug-likeness (QED) is 0.271. The van der Waals surface area contributed by atoms with Crippen LogP contribution >= 0.6 is 0 Å². The number of hydrogen-bond acceptors (Lipinski definition) is 4. The maximum absolute atomic E-state index is 10.7. The molecule has 0 radical (unpaired) electrons. The Labute approximate surface area is 99.2 Å². The molecular formula is C8H11NaO4. The molecule has 0 amide bonds. The number of carbonyl (C=O) groups is 2. The predicted octanol–water partition coefficient (Wildman–Crippen LogP) is -3.01. The summed E-state index contributed by atoms with van der Waals surface area (Å²) in [5, 5.41) is 9.91. The van der Waals surface area contributed by atoms with Crippen LogP contribution in [0.15, 0.2) is 11.8 Å². The van der Waals surface area contributed by atoms with Crippen LogP contribution < -0.4 is 34.7 Å². The van der Waals surface area contributed by atoms with Crippen molar-refractivity contribution in [1.82, 2.24) is 0 Å². The van der Waals surface area contributed by atoms with Gasteiger partial charge in [0, 0.05) is 5.97 Å². The second-order valence-electron chi connectivity index (χ2n) is 2.56. The maximum atomic E-state index is 10.7. The van der Waals surface area contributed by atoms with Crippen LogP contribution in [0.3, 0.4) is 0 Å². The van der Waals surface area contributed by atoms with Crippen LogP contribution in [0.25, 0.3) is 0 Å². The van der Waals surface area contributed by atoms with E-state index in [-0.39, 0.29) is 42.4 Å². The molecule has 0 aromatic rings. The molecule has 0 saturated carbocycles. The van der Waals surface area contributed by atoms with E-state index in [1.54, 1.807) is 13.8 Å². The molecule has 0 fully saturated rings. The molecule has 0 aliphatic carbocycles. The number of esters is 1. The Hall–Kier alpha value is -0.320. The summed E-state index contributed by atoms with van der Waals surface area (Å²) in [5.74, 6) is -1.80. The van der Waals surface area contributed by atoms with E-state index in [1.807, 2.05) is 0 Å². The molecule has 0 heterocycles. The summed E-state index contributed by atoms with van der Waals surface area (Å²) in [5.41, 5.74) is 0.844. The Balaban J connectivity index is 0. The van der Waals surface area contributed by atoms with Gasteiger partial charge < -0.3 is 14.6 Å². The molecule has 0 rings (SSSR count). The molecule has 5 heteroatoms. The van der Waals surface area contributed by atoms with E-state index in [4.69, 9.17) is 0 Å². The summed E-state index contributed by atoms with van der Waals surface area (Å²) >= 11 is 0. The number of carboxylic acid groups (broad SMARTS) is 1. The van der Waals surface area contributed by atoms with E-state index in [0.717, 1.165) is 5.57 Å². The maximum Gasteiger partial charge on any atom is 1.00 e. The van der Waals surface area contributed by atoms with Gasteiger partial charge in [0.25, 0.3) is 0 Å². The summed E-state index contributed by atoms with van der Waals surface area (Å²) in [7, 11) is 0. The molecule has 0 unspecified atom stereocenters. The smallest absolute Gasteiger partial charge is 0.550 e. The topological polar surface area (TPSA) is 66.4 Å². The zero-order chi connectivity index (χ0) is 9.56. The first-order valence-electron chi connectivity index (χ1n) is 3.55. The van der Waals surface area contributed by atoms with Crippen molar-refractivity contribution in [3.8, 4) is 0 Å². The van der Waals surface area contributed by atoms with Crippen LogP contribution in [0.1, 0.15) is 26.7 Å². The average molecular weight is 194 g/mol. The fourth-order valence-electron chi connectivity index (χ4n) is 0.447. The number of carboxylic acids is 1. The van der Waals surface area contributed by atoms with Crippen molar-refractivity contribution in [2.45, 2.75) is 26.7 Å². The van der Waals surface area contributed by atoms with Crippen molar-refractivity contribution in [2.24, 2.45) is 0 Å². The molecule has 0 aliphatic heterocycles. The van der Waals surface area contributed by atoms with Gasteiger partial charge in [-0.1, -0.05) is 0 Å². The molecule has 0 saturated heterocycles. The molecule has 0 spiro atoms. The number of allylic oxidation sites excluding steroid dienone is 1. The van der Waals surface area contributed by atoms with Gasteiger partial charge in [-0.3, -0.25) is 4.79 Å². The molecule has 4 nitrogen and oxygen atoms in total. The second-order valence-corrected chi connectivity index (χ2v) is 2.56. The van der Waals surface area contributed by atoms with Crippen molar-refractivity contribution in [3.05, 3.63) is 11.8 Å². The Morgan fingerprint density at radius 3 is 2.23 bits per heavy atom. The molecule has 0 bridgehead atoms. The van der Waals surface area contributed by atoms with E-state index in [0.29, 0.717) is 0 Å². The summed E-state index contributed by atoms with van der Waals surface area (Å²) in [6, 6.07) is 0. The third kappa shape index (κ3) is 11.7. The van der Waals surface area contributed by atoms with Gasteiger partial charge in [-0.05, 0) is 25.8 Å².